The van der Waals surface area contributed by atoms with Crippen LogP contribution >= 0.6 is 0 Å². The van der Waals surface area contributed by atoms with Crippen LogP contribution in [0.5, 0.6) is 0 Å². The lowest BCUT2D eigenvalue weighted by atomic mass is 9.69. The van der Waals surface area contributed by atoms with Gasteiger partial charge in [0.2, 0.25) is 0 Å². The molecule has 3 aliphatic rings. The second kappa shape index (κ2) is 11.7. The highest BCUT2D eigenvalue weighted by atomic mass is 14.6. The van der Waals surface area contributed by atoms with Crippen LogP contribution in [0, 0.1) is 0 Å². The molecule has 242 valence electrons. The van der Waals surface area contributed by atoms with Gasteiger partial charge in [-0.05, 0) is 115 Å². The smallest absolute Gasteiger partial charge is 0.0685 e. The van der Waals surface area contributed by atoms with Crippen LogP contribution in [0.25, 0.3) is 44.5 Å². The van der Waals surface area contributed by atoms with E-state index in [0.717, 1.165) is 24.1 Å². The van der Waals surface area contributed by atoms with Gasteiger partial charge >= 0.3 is 0 Å². The summed E-state index contributed by atoms with van der Waals surface area (Å²) in [7, 11) is 0. The Morgan fingerprint density at radius 3 is 1.98 bits per heavy atom. The van der Waals surface area contributed by atoms with Gasteiger partial charge in [0.05, 0.1) is 5.41 Å². The van der Waals surface area contributed by atoms with Crippen LogP contribution in [0.3, 0.4) is 0 Å². The van der Waals surface area contributed by atoms with Crippen LogP contribution < -0.4 is 5.73 Å². The van der Waals surface area contributed by atoms with E-state index in [9.17, 15) is 0 Å². The van der Waals surface area contributed by atoms with Crippen molar-refractivity contribution in [3.63, 3.8) is 0 Å². The predicted octanol–water partition coefficient (Wildman–Crippen LogP) is 11.6. The molecule has 0 radical (unpaired) electrons. The summed E-state index contributed by atoms with van der Waals surface area (Å²) in [5, 5.41) is 0. The van der Waals surface area contributed by atoms with E-state index >= 15 is 0 Å². The molecule has 0 saturated carbocycles. The third-order valence-electron chi connectivity index (χ3n) is 11.4. The minimum atomic E-state index is -0.339. The number of hydrogen-bond donors (Lipinski definition) is 1. The molecule has 0 aliphatic heterocycles. The molecule has 0 bridgehead atoms. The molecule has 0 amide bonds. The van der Waals surface area contributed by atoms with Gasteiger partial charge in [-0.25, -0.2) is 0 Å². The maximum atomic E-state index is 6.90. The fraction of sp³-hybridized carbons (Fsp3) is 0.0816. The average Bonchev–Trinajstić information content (AvgIpc) is 3.66. The van der Waals surface area contributed by atoms with Crippen LogP contribution in [0.2, 0.25) is 0 Å². The molecule has 1 atom stereocenters. The van der Waals surface area contributed by atoms with Crippen molar-refractivity contribution in [1.29, 1.82) is 0 Å². The van der Waals surface area contributed by atoms with Crippen molar-refractivity contribution in [2.75, 3.05) is 5.73 Å². The summed E-state index contributed by atoms with van der Waals surface area (Å²) in [5.41, 5.74) is 26.9. The van der Waals surface area contributed by atoms with Gasteiger partial charge in [0.1, 0.15) is 0 Å². The van der Waals surface area contributed by atoms with E-state index in [2.05, 4.69) is 163 Å². The number of para-hydroxylation sites is 1. The maximum absolute atomic E-state index is 6.90. The summed E-state index contributed by atoms with van der Waals surface area (Å²) < 4.78 is 0. The summed E-state index contributed by atoms with van der Waals surface area (Å²) in [6, 6.07) is 53.4. The first-order valence-corrected chi connectivity index (χ1v) is 17.9. The number of nitrogens with zero attached hydrogens (tertiary/aromatic N) is 1. The quantitative estimate of drug-likeness (QED) is 0.188. The molecular weight excluding hydrogens is 617 g/mol. The van der Waals surface area contributed by atoms with Gasteiger partial charge in [-0.1, -0.05) is 140 Å². The number of benzene rings is 6. The Morgan fingerprint density at radius 2 is 1.24 bits per heavy atom. The lowest BCUT2D eigenvalue weighted by Crippen LogP contribution is -2.27. The topological polar surface area (TPSA) is 38.9 Å². The Bertz CT molecular complexity index is 2510. The fourth-order valence-electron chi connectivity index (χ4n) is 9.33. The number of pyridine rings is 1. The number of nitrogens with two attached hydrogens (primary N) is 1. The van der Waals surface area contributed by atoms with Crippen LogP contribution in [0.1, 0.15) is 45.7 Å². The predicted molar refractivity (Wildman–Crippen MR) is 211 cm³/mol. The van der Waals surface area contributed by atoms with Crippen LogP contribution in [0.15, 0.2) is 182 Å². The Kier molecular flexibility index (Phi) is 6.79. The molecule has 51 heavy (non-hydrogen) atoms. The van der Waals surface area contributed by atoms with Crippen molar-refractivity contribution in [3.8, 4) is 44.5 Å². The third-order valence-corrected chi connectivity index (χ3v) is 11.4. The lowest BCUT2D eigenvalue weighted by Gasteiger charge is -2.32. The SMILES string of the molecule is Nc1ccccc1-c1c(Cc2cccc(-c3cccc(-c4ccncc4)c3)c2)ccc2c1C1CC=CC=C1C21c2ccccc2-c2ccccc21. The van der Waals surface area contributed by atoms with Crippen LogP contribution in [-0.4, -0.2) is 4.98 Å². The highest BCUT2D eigenvalue weighted by Crippen LogP contribution is 2.66. The molecular formula is C49H36N2. The van der Waals surface area contributed by atoms with Crippen LogP contribution in [0.4, 0.5) is 5.69 Å². The maximum Gasteiger partial charge on any atom is 0.0685 e. The molecule has 2 N–H and O–H groups in total. The van der Waals surface area contributed by atoms with Crippen molar-refractivity contribution < 1.29 is 0 Å². The van der Waals surface area contributed by atoms with Crippen molar-refractivity contribution in [2.45, 2.75) is 24.2 Å². The number of aromatic nitrogens is 1. The van der Waals surface area contributed by atoms with Gasteiger partial charge in [0, 0.05) is 29.6 Å². The standard InChI is InChI=1S/C49H36N2/c50-46-22-8-4-18-41(46)47-37(30-32-11-9-12-34(29-32)36-14-10-13-35(31-36)33-25-27-51-28-26-33)23-24-45-48(47)40-17-3-7-21-44(40)49(45)42-19-5-1-15-38(42)39-16-2-6-20-43(39)49/h1-16,18-29,31,40H,17,30,50H2. The summed E-state index contributed by atoms with van der Waals surface area (Å²) in [4.78, 5) is 4.21. The zero-order valence-corrected chi connectivity index (χ0v) is 28.3. The molecule has 1 aromatic heterocycles. The van der Waals surface area contributed by atoms with Gasteiger partial charge in [0.15, 0.2) is 0 Å². The van der Waals surface area contributed by atoms with Gasteiger partial charge < -0.3 is 5.73 Å². The van der Waals surface area contributed by atoms with E-state index in [1.807, 2.05) is 18.5 Å². The second-order valence-corrected chi connectivity index (χ2v) is 14.0. The number of anilines is 1. The largest absolute Gasteiger partial charge is 0.398 e. The van der Waals surface area contributed by atoms with E-state index in [4.69, 9.17) is 5.73 Å². The number of fused-ring (bicyclic) bond motifs is 10. The minimum Gasteiger partial charge on any atom is -0.398 e. The van der Waals surface area contributed by atoms with Gasteiger partial charge in [-0.2, -0.15) is 0 Å². The highest BCUT2D eigenvalue weighted by molar-refractivity contribution is 5.92. The minimum absolute atomic E-state index is 0.251. The van der Waals surface area contributed by atoms with Crippen molar-refractivity contribution in [2.24, 2.45) is 0 Å². The van der Waals surface area contributed by atoms with E-state index in [1.54, 1.807) is 0 Å². The van der Waals surface area contributed by atoms with Crippen molar-refractivity contribution >= 4 is 5.69 Å². The molecule has 1 unspecified atom stereocenters. The summed E-state index contributed by atoms with van der Waals surface area (Å²) >= 11 is 0. The molecule has 7 aromatic rings. The van der Waals surface area contributed by atoms with Crippen molar-refractivity contribution in [1.82, 2.24) is 4.98 Å². The number of hydrogen-bond acceptors (Lipinski definition) is 2. The highest BCUT2D eigenvalue weighted by Gasteiger charge is 2.55. The molecule has 0 saturated heterocycles. The molecule has 3 aliphatic carbocycles. The van der Waals surface area contributed by atoms with E-state index in [0.29, 0.717) is 0 Å². The average molecular weight is 653 g/mol. The van der Waals surface area contributed by atoms with E-state index in [-0.39, 0.29) is 11.3 Å². The molecule has 1 spiro atoms. The molecule has 0 fully saturated rings. The number of rotatable bonds is 5. The molecule has 2 heteroatoms. The van der Waals surface area contributed by atoms with Gasteiger partial charge in [-0.15, -0.1) is 0 Å². The molecule has 10 rings (SSSR count). The van der Waals surface area contributed by atoms with Gasteiger partial charge in [0.25, 0.3) is 0 Å². The normalized spacial score (nSPS) is 15.9. The monoisotopic (exact) mass is 652 g/mol. The zero-order chi connectivity index (χ0) is 33.9. The van der Waals surface area contributed by atoms with Crippen molar-refractivity contribution in [3.05, 3.63) is 215 Å². The molecule has 1 heterocycles. The third kappa shape index (κ3) is 4.46. The Balaban J connectivity index is 1.16. The summed E-state index contributed by atoms with van der Waals surface area (Å²) in [5.74, 6) is 0.251. The van der Waals surface area contributed by atoms with E-state index in [1.165, 1.54) is 77.9 Å². The van der Waals surface area contributed by atoms with Crippen LogP contribution in [-0.2, 0) is 11.8 Å². The summed E-state index contributed by atoms with van der Waals surface area (Å²) in [6.07, 6.45) is 12.5. The first-order chi connectivity index (χ1) is 25.2. The van der Waals surface area contributed by atoms with Gasteiger partial charge in [-0.3, -0.25) is 4.98 Å². The Hall–Kier alpha value is -6.25. The van der Waals surface area contributed by atoms with E-state index < -0.39 is 0 Å². The lowest BCUT2D eigenvalue weighted by molar-refractivity contribution is 0.708. The fourth-order valence-corrected chi connectivity index (χ4v) is 9.33. The molecule has 2 nitrogen and oxygen atoms in total. The Labute approximate surface area is 299 Å². The summed E-state index contributed by atoms with van der Waals surface area (Å²) in [6.45, 7) is 0. The second-order valence-electron chi connectivity index (χ2n) is 14.0. The first kappa shape index (κ1) is 29.6. The Morgan fingerprint density at radius 1 is 0.588 bits per heavy atom. The zero-order valence-electron chi connectivity index (χ0n) is 28.3. The number of nitrogen functional groups attached to an aromatic ring is 1. The molecule has 6 aromatic carbocycles. The first-order valence-electron chi connectivity index (χ1n) is 17.9. The number of allylic oxidation sites excluding steroid dienone is 4.